The molecule has 2 aromatic carbocycles. The summed E-state index contributed by atoms with van der Waals surface area (Å²) in [5.74, 6) is 1.02. The molecule has 104 valence electrons. The second-order valence-electron chi connectivity index (χ2n) is 5.14. The summed E-state index contributed by atoms with van der Waals surface area (Å²) >= 11 is 0. The van der Waals surface area contributed by atoms with Crippen LogP contribution in [0.1, 0.15) is 30.0 Å². The molecule has 0 unspecified atom stereocenters. The first-order valence-corrected chi connectivity index (χ1v) is 7.06. The fraction of sp³-hybridized carbons (Fsp3) is 0.294. The molecule has 1 aliphatic heterocycles. The normalized spacial score (nSPS) is 18.1. The van der Waals surface area contributed by atoms with Crippen LogP contribution in [0, 0.1) is 0 Å². The topological polar surface area (TPSA) is 41.5 Å². The predicted molar refractivity (Wildman–Crippen MR) is 78.9 cm³/mol. The maximum Gasteiger partial charge on any atom is 0.124 e. The first-order valence-electron chi connectivity index (χ1n) is 7.06. The Balaban J connectivity index is 1.67. The number of ether oxygens (including phenoxy) is 1. The summed E-state index contributed by atoms with van der Waals surface area (Å²) in [6.45, 7) is 1.54. The quantitative estimate of drug-likeness (QED) is 0.894. The van der Waals surface area contributed by atoms with Crippen molar-refractivity contribution >= 4 is 0 Å². The fourth-order valence-electron chi connectivity index (χ4n) is 2.60. The monoisotopic (exact) mass is 269 g/mol. The highest BCUT2D eigenvalue weighted by molar-refractivity contribution is 5.41. The van der Waals surface area contributed by atoms with Crippen LogP contribution in [0.15, 0.2) is 48.5 Å². The van der Waals surface area contributed by atoms with Gasteiger partial charge in [-0.3, -0.25) is 0 Å². The average molecular weight is 269 g/mol. The Morgan fingerprint density at radius 1 is 1.15 bits per heavy atom. The summed E-state index contributed by atoms with van der Waals surface area (Å²) in [4.78, 5) is 0. The minimum atomic E-state index is 0.276. The zero-order chi connectivity index (χ0) is 13.8. The van der Waals surface area contributed by atoms with Gasteiger partial charge >= 0.3 is 0 Å². The molecular formula is C17H19NO2. The van der Waals surface area contributed by atoms with Gasteiger partial charge < -0.3 is 15.2 Å². The molecule has 3 heteroatoms. The molecule has 1 heterocycles. The van der Waals surface area contributed by atoms with Gasteiger partial charge in [-0.15, -0.1) is 0 Å². The Hall–Kier alpha value is -2.00. The molecule has 0 spiro atoms. The summed E-state index contributed by atoms with van der Waals surface area (Å²) in [6.07, 6.45) is 2.24. The number of phenolic OH excluding ortho intramolecular Hbond substituents is 1. The van der Waals surface area contributed by atoms with E-state index in [-0.39, 0.29) is 6.04 Å². The lowest BCUT2D eigenvalue weighted by Crippen LogP contribution is -2.12. The van der Waals surface area contributed by atoms with Crippen LogP contribution in [-0.4, -0.2) is 11.7 Å². The maximum atomic E-state index is 10.1. The molecule has 1 aliphatic rings. The van der Waals surface area contributed by atoms with Crippen molar-refractivity contribution < 1.29 is 9.84 Å². The Bertz CT molecular complexity index is 562. The number of phenols is 1. The molecule has 3 rings (SSSR count). The van der Waals surface area contributed by atoms with Crippen LogP contribution in [0.25, 0.3) is 0 Å². The highest BCUT2D eigenvalue weighted by Gasteiger charge is 2.19. The number of hydrogen-bond donors (Lipinski definition) is 2. The van der Waals surface area contributed by atoms with Gasteiger partial charge in [0.15, 0.2) is 0 Å². The molecule has 1 saturated heterocycles. The van der Waals surface area contributed by atoms with E-state index in [1.54, 1.807) is 6.07 Å². The fourth-order valence-corrected chi connectivity index (χ4v) is 2.60. The van der Waals surface area contributed by atoms with Gasteiger partial charge in [-0.05, 0) is 31.0 Å². The van der Waals surface area contributed by atoms with Crippen LogP contribution >= 0.6 is 0 Å². The van der Waals surface area contributed by atoms with E-state index in [1.165, 1.54) is 0 Å². The lowest BCUT2D eigenvalue weighted by Gasteiger charge is -2.14. The molecule has 0 aromatic heterocycles. The molecule has 0 radical (unpaired) electrons. The lowest BCUT2D eigenvalue weighted by molar-refractivity contribution is 0.304. The molecule has 0 bridgehead atoms. The largest absolute Gasteiger partial charge is 0.507 e. The third-order valence-electron chi connectivity index (χ3n) is 3.69. The van der Waals surface area contributed by atoms with E-state index < -0.39 is 0 Å². The first kappa shape index (κ1) is 13.0. The van der Waals surface area contributed by atoms with Gasteiger partial charge in [0.05, 0.1) is 0 Å². The molecule has 0 saturated carbocycles. The highest BCUT2D eigenvalue weighted by atomic mass is 16.5. The molecule has 0 aliphatic carbocycles. The Kier molecular flexibility index (Phi) is 3.88. The minimum Gasteiger partial charge on any atom is -0.507 e. The Morgan fingerprint density at radius 2 is 2.00 bits per heavy atom. The second-order valence-corrected chi connectivity index (χ2v) is 5.14. The van der Waals surface area contributed by atoms with Gasteiger partial charge in [-0.1, -0.05) is 36.4 Å². The predicted octanol–water partition coefficient (Wildman–Crippen LogP) is 3.40. The van der Waals surface area contributed by atoms with Gasteiger partial charge in [-0.2, -0.15) is 0 Å². The molecule has 1 atom stereocenters. The minimum absolute atomic E-state index is 0.276. The van der Waals surface area contributed by atoms with Gasteiger partial charge in [0.25, 0.3) is 0 Å². The van der Waals surface area contributed by atoms with Gasteiger partial charge in [0, 0.05) is 17.7 Å². The summed E-state index contributed by atoms with van der Waals surface area (Å²) in [6, 6.07) is 15.9. The number of nitrogens with one attached hydrogen (secondary N) is 1. The number of aromatic hydroxyl groups is 1. The molecule has 3 nitrogen and oxygen atoms in total. The number of rotatable bonds is 4. The van der Waals surface area contributed by atoms with Crippen molar-refractivity contribution in [2.24, 2.45) is 0 Å². The third kappa shape index (κ3) is 2.94. The molecule has 0 amide bonds. The Labute approximate surface area is 119 Å². The Morgan fingerprint density at radius 3 is 2.70 bits per heavy atom. The molecule has 20 heavy (non-hydrogen) atoms. The summed E-state index contributed by atoms with van der Waals surface area (Å²) in [7, 11) is 0. The third-order valence-corrected chi connectivity index (χ3v) is 3.69. The van der Waals surface area contributed by atoms with Crippen molar-refractivity contribution in [3.63, 3.8) is 0 Å². The number of hydrogen-bond acceptors (Lipinski definition) is 3. The van der Waals surface area contributed by atoms with E-state index >= 15 is 0 Å². The van der Waals surface area contributed by atoms with Crippen molar-refractivity contribution in [2.45, 2.75) is 25.5 Å². The molecule has 2 aromatic rings. The van der Waals surface area contributed by atoms with Crippen LogP contribution < -0.4 is 10.1 Å². The van der Waals surface area contributed by atoms with Crippen LogP contribution in [0.4, 0.5) is 0 Å². The van der Waals surface area contributed by atoms with Crippen LogP contribution in [-0.2, 0) is 6.61 Å². The van der Waals surface area contributed by atoms with E-state index in [4.69, 9.17) is 4.74 Å². The number of benzene rings is 2. The average Bonchev–Trinajstić information content (AvgIpc) is 3.00. The van der Waals surface area contributed by atoms with Gasteiger partial charge in [0.2, 0.25) is 0 Å². The smallest absolute Gasteiger partial charge is 0.124 e. The van der Waals surface area contributed by atoms with E-state index in [1.807, 2.05) is 42.5 Å². The zero-order valence-corrected chi connectivity index (χ0v) is 11.4. The zero-order valence-electron chi connectivity index (χ0n) is 11.4. The second kappa shape index (κ2) is 5.97. The standard InChI is InChI=1S/C17H19NO2/c19-17-11-14(20-12-13-5-2-1-3-6-13)8-9-15(17)16-7-4-10-18-16/h1-3,5-6,8-9,11,16,18-19H,4,7,10,12H2/t16-/m1/s1. The van der Waals surface area contributed by atoms with E-state index in [9.17, 15) is 5.11 Å². The van der Waals surface area contributed by atoms with Gasteiger partial charge in [0.1, 0.15) is 18.1 Å². The van der Waals surface area contributed by atoms with Gasteiger partial charge in [-0.25, -0.2) is 0 Å². The SMILES string of the molecule is Oc1cc(OCc2ccccc2)ccc1[C@H]1CCCN1. The van der Waals surface area contributed by atoms with Crippen molar-refractivity contribution in [3.05, 3.63) is 59.7 Å². The molecular weight excluding hydrogens is 250 g/mol. The first-order chi connectivity index (χ1) is 9.83. The molecule has 1 fully saturated rings. The van der Waals surface area contributed by atoms with Crippen LogP contribution in [0.2, 0.25) is 0 Å². The summed E-state index contributed by atoms with van der Waals surface area (Å²) in [5.41, 5.74) is 2.09. The summed E-state index contributed by atoms with van der Waals surface area (Å²) < 4.78 is 5.71. The summed E-state index contributed by atoms with van der Waals surface area (Å²) in [5, 5.41) is 13.5. The van der Waals surface area contributed by atoms with Crippen molar-refractivity contribution in [1.29, 1.82) is 0 Å². The van der Waals surface area contributed by atoms with E-state index in [0.717, 1.165) is 30.5 Å². The van der Waals surface area contributed by atoms with Crippen molar-refractivity contribution in [1.82, 2.24) is 5.32 Å². The van der Waals surface area contributed by atoms with E-state index in [2.05, 4.69) is 5.32 Å². The van der Waals surface area contributed by atoms with Crippen molar-refractivity contribution in [3.8, 4) is 11.5 Å². The van der Waals surface area contributed by atoms with Crippen molar-refractivity contribution in [2.75, 3.05) is 6.54 Å². The maximum absolute atomic E-state index is 10.1. The lowest BCUT2D eigenvalue weighted by atomic mass is 10.0. The highest BCUT2D eigenvalue weighted by Crippen LogP contribution is 2.32. The van der Waals surface area contributed by atoms with E-state index in [0.29, 0.717) is 18.1 Å². The van der Waals surface area contributed by atoms with Crippen LogP contribution in [0.5, 0.6) is 11.5 Å². The van der Waals surface area contributed by atoms with Crippen LogP contribution in [0.3, 0.4) is 0 Å². The molecule has 2 N–H and O–H groups in total.